The third-order valence-corrected chi connectivity index (χ3v) is 1.97. The monoisotopic (exact) mass is 192 g/mol. The van der Waals surface area contributed by atoms with Crippen LogP contribution in [0.15, 0.2) is 0 Å². The Balaban J connectivity index is 2.82. The van der Waals surface area contributed by atoms with Crippen LogP contribution in [0.3, 0.4) is 0 Å². The van der Waals surface area contributed by atoms with Crippen LogP contribution in [0.25, 0.3) is 0 Å². The molecule has 1 nitrogen and oxygen atoms in total. The van der Waals surface area contributed by atoms with E-state index in [2.05, 4.69) is 6.92 Å². The van der Waals surface area contributed by atoms with Crippen LogP contribution < -0.4 is 0 Å². The molecule has 0 heterocycles. The van der Waals surface area contributed by atoms with Crippen LogP contribution in [0.2, 0.25) is 0 Å². The molecule has 0 radical (unpaired) electrons. The van der Waals surface area contributed by atoms with Crippen molar-refractivity contribution in [2.75, 3.05) is 6.61 Å². The Morgan fingerprint density at radius 1 is 1.08 bits per heavy atom. The van der Waals surface area contributed by atoms with Gasteiger partial charge in [-0.15, -0.1) is 0 Å². The van der Waals surface area contributed by atoms with Gasteiger partial charge in [0.2, 0.25) is 0 Å². The molecular weight excluding hydrogens is 172 g/mol. The largest absolute Gasteiger partial charge is 0.363 e. The highest BCUT2D eigenvalue weighted by Gasteiger charge is 1.94. The lowest BCUT2D eigenvalue weighted by molar-refractivity contribution is 0.115. The summed E-state index contributed by atoms with van der Waals surface area (Å²) in [7, 11) is 0. The lowest BCUT2D eigenvalue weighted by Gasteiger charge is -2.04. The predicted molar refractivity (Wildman–Crippen MR) is 54.6 cm³/mol. The number of alkyl halides is 1. The Morgan fingerprint density at radius 3 is 2.25 bits per heavy atom. The molecule has 1 unspecified atom stereocenters. The minimum Gasteiger partial charge on any atom is -0.363 e. The van der Waals surface area contributed by atoms with Gasteiger partial charge in [0.1, 0.15) is 5.56 Å². The van der Waals surface area contributed by atoms with Gasteiger partial charge < -0.3 is 4.74 Å². The van der Waals surface area contributed by atoms with E-state index >= 15 is 0 Å². The zero-order chi connectivity index (χ0) is 9.23. The molecule has 12 heavy (non-hydrogen) atoms. The molecule has 0 rings (SSSR count). The summed E-state index contributed by atoms with van der Waals surface area (Å²) in [6.45, 7) is 4.91. The van der Waals surface area contributed by atoms with Crippen LogP contribution >= 0.6 is 11.6 Å². The molecule has 1 atom stereocenters. The highest BCUT2D eigenvalue weighted by Crippen LogP contribution is 2.06. The van der Waals surface area contributed by atoms with E-state index in [0.29, 0.717) is 0 Å². The zero-order valence-corrected chi connectivity index (χ0v) is 9.07. The molecule has 74 valence electrons. The van der Waals surface area contributed by atoms with Crippen molar-refractivity contribution in [2.45, 2.75) is 57.9 Å². The van der Waals surface area contributed by atoms with Gasteiger partial charge in [-0.05, 0) is 13.3 Å². The van der Waals surface area contributed by atoms with E-state index in [1.54, 1.807) is 0 Å². The second kappa shape index (κ2) is 9.34. The summed E-state index contributed by atoms with van der Waals surface area (Å²) in [6, 6.07) is 0. The summed E-state index contributed by atoms with van der Waals surface area (Å²) < 4.78 is 5.21. The summed E-state index contributed by atoms with van der Waals surface area (Å²) in [4.78, 5) is 0. The number of halogens is 1. The minimum absolute atomic E-state index is 0.124. The molecule has 0 aromatic carbocycles. The van der Waals surface area contributed by atoms with E-state index in [4.69, 9.17) is 16.3 Å². The van der Waals surface area contributed by atoms with Crippen molar-refractivity contribution in [3.63, 3.8) is 0 Å². The van der Waals surface area contributed by atoms with Gasteiger partial charge in [-0.25, -0.2) is 0 Å². The molecule has 0 fully saturated rings. The van der Waals surface area contributed by atoms with Crippen molar-refractivity contribution in [3.8, 4) is 0 Å². The predicted octanol–water partition coefficient (Wildman–Crippen LogP) is 3.95. The molecule has 0 aromatic rings. The molecule has 2 heteroatoms. The number of hydrogen-bond acceptors (Lipinski definition) is 1. The maximum atomic E-state index is 5.62. The highest BCUT2D eigenvalue weighted by atomic mass is 35.5. The summed E-state index contributed by atoms with van der Waals surface area (Å²) in [5.41, 5.74) is -0.124. The standard InChI is InChI=1S/C10H21ClO/c1-3-4-5-6-7-8-9-12-10(2)11/h10H,3-9H2,1-2H3. The number of rotatable bonds is 8. The van der Waals surface area contributed by atoms with Crippen molar-refractivity contribution < 1.29 is 4.74 Å². The molecule has 0 N–H and O–H groups in total. The fraction of sp³-hybridized carbons (Fsp3) is 1.00. The number of ether oxygens (including phenoxy) is 1. The van der Waals surface area contributed by atoms with Crippen molar-refractivity contribution >= 4 is 11.6 Å². The molecule has 0 aliphatic carbocycles. The van der Waals surface area contributed by atoms with E-state index in [9.17, 15) is 0 Å². The summed E-state index contributed by atoms with van der Waals surface area (Å²) in [6.07, 6.45) is 7.83. The van der Waals surface area contributed by atoms with Crippen molar-refractivity contribution in [3.05, 3.63) is 0 Å². The maximum absolute atomic E-state index is 5.62. The van der Waals surface area contributed by atoms with Gasteiger partial charge in [-0.3, -0.25) is 0 Å². The van der Waals surface area contributed by atoms with Gasteiger partial charge in [0, 0.05) is 6.61 Å². The first-order valence-electron chi connectivity index (χ1n) is 5.03. The maximum Gasteiger partial charge on any atom is 0.128 e. The Kier molecular flexibility index (Phi) is 9.53. The van der Waals surface area contributed by atoms with Crippen molar-refractivity contribution in [1.82, 2.24) is 0 Å². The van der Waals surface area contributed by atoms with E-state index in [1.165, 1.54) is 32.1 Å². The minimum atomic E-state index is -0.124. The summed E-state index contributed by atoms with van der Waals surface area (Å²) in [5.74, 6) is 0. The average Bonchev–Trinajstić information content (AvgIpc) is 2.02. The van der Waals surface area contributed by atoms with E-state index in [-0.39, 0.29) is 5.56 Å². The van der Waals surface area contributed by atoms with Crippen molar-refractivity contribution in [1.29, 1.82) is 0 Å². The normalized spacial score (nSPS) is 13.2. The average molecular weight is 193 g/mol. The van der Waals surface area contributed by atoms with Gasteiger partial charge >= 0.3 is 0 Å². The van der Waals surface area contributed by atoms with Crippen LogP contribution in [0, 0.1) is 0 Å². The fourth-order valence-corrected chi connectivity index (χ4v) is 1.22. The third-order valence-electron chi connectivity index (χ3n) is 1.85. The molecule has 0 spiro atoms. The molecule has 0 aliphatic heterocycles. The molecule has 0 bridgehead atoms. The lowest BCUT2D eigenvalue weighted by Crippen LogP contribution is -2.00. The molecule has 0 saturated carbocycles. The molecule has 0 saturated heterocycles. The molecule has 0 aliphatic rings. The zero-order valence-electron chi connectivity index (χ0n) is 8.31. The van der Waals surface area contributed by atoms with E-state index < -0.39 is 0 Å². The van der Waals surface area contributed by atoms with Gasteiger partial charge in [0.25, 0.3) is 0 Å². The smallest absolute Gasteiger partial charge is 0.128 e. The van der Waals surface area contributed by atoms with E-state index in [0.717, 1.165) is 13.0 Å². The van der Waals surface area contributed by atoms with Crippen LogP contribution in [0.5, 0.6) is 0 Å². The van der Waals surface area contributed by atoms with Crippen LogP contribution in [0.1, 0.15) is 52.4 Å². The van der Waals surface area contributed by atoms with Crippen molar-refractivity contribution in [2.24, 2.45) is 0 Å². The Bertz CT molecular complexity index is 83.9. The molecule has 0 aromatic heterocycles. The number of hydrogen-bond donors (Lipinski definition) is 0. The second-order valence-electron chi connectivity index (χ2n) is 3.18. The van der Waals surface area contributed by atoms with Crippen LogP contribution in [-0.4, -0.2) is 12.2 Å². The SMILES string of the molecule is CCCCCCCCOC(C)Cl. The first-order chi connectivity index (χ1) is 5.77. The Morgan fingerprint density at radius 2 is 1.67 bits per heavy atom. The first kappa shape index (κ1) is 12.2. The lowest BCUT2D eigenvalue weighted by atomic mass is 10.1. The molecular formula is C10H21ClO. The quantitative estimate of drug-likeness (QED) is 0.418. The topological polar surface area (TPSA) is 9.23 Å². The summed E-state index contributed by atoms with van der Waals surface area (Å²) in [5, 5.41) is 0. The van der Waals surface area contributed by atoms with Crippen LogP contribution in [-0.2, 0) is 4.74 Å². The van der Waals surface area contributed by atoms with E-state index in [1.807, 2.05) is 6.92 Å². The van der Waals surface area contributed by atoms with Gasteiger partial charge in [0.15, 0.2) is 0 Å². The van der Waals surface area contributed by atoms with Gasteiger partial charge in [-0.1, -0.05) is 50.6 Å². The summed E-state index contributed by atoms with van der Waals surface area (Å²) >= 11 is 5.62. The first-order valence-corrected chi connectivity index (χ1v) is 5.46. The molecule has 0 amide bonds. The number of unbranched alkanes of at least 4 members (excludes halogenated alkanes) is 5. The van der Waals surface area contributed by atoms with Gasteiger partial charge in [0.05, 0.1) is 0 Å². The van der Waals surface area contributed by atoms with Gasteiger partial charge in [-0.2, -0.15) is 0 Å². The third kappa shape index (κ3) is 10.2. The Hall–Kier alpha value is 0.250. The highest BCUT2D eigenvalue weighted by molar-refractivity contribution is 6.19. The second-order valence-corrected chi connectivity index (χ2v) is 3.80. The van der Waals surface area contributed by atoms with Crippen LogP contribution in [0.4, 0.5) is 0 Å². The Labute approximate surface area is 81.4 Å². The fourth-order valence-electron chi connectivity index (χ4n) is 1.13.